The number of aromatic nitrogens is 1. The van der Waals surface area contributed by atoms with Crippen molar-refractivity contribution in [2.75, 3.05) is 19.6 Å². The third-order valence-corrected chi connectivity index (χ3v) is 2.90. The minimum absolute atomic E-state index is 0.0175. The zero-order chi connectivity index (χ0) is 12.1. The van der Waals surface area contributed by atoms with Gasteiger partial charge in [-0.25, -0.2) is 4.79 Å². The van der Waals surface area contributed by atoms with Gasteiger partial charge < -0.3 is 9.64 Å². The fraction of sp³-hybridized carbons (Fsp3) is 0.455. The van der Waals surface area contributed by atoms with Gasteiger partial charge in [0.15, 0.2) is 0 Å². The van der Waals surface area contributed by atoms with E-state index in [4.69, 9.17) is 8.92 Å². The number of fused-ring (bicyclic) bond motifs is 1. The highest BCUT2D eigenvalue weighted by molar-refractivity contribution is 7.93. The van der Waals surface area contributed by atoms with Gasteiger partial charge >= 0.3 is 6.09 Å². The topological polar surface area (TPSA) is 51.7 Å². The molecular weight excluding hydrogens is 240 g/mol. The summed E-state index contributed by atoms with van der Waals surface area (Å²) in [6, 6.07) is 3.87. The maximum Gasteiger partial charge on any atom is 0.412 e. The summed E-state index contributed by atoms with van der Waals surface area (Å²) in [7, 11) is 0. The molecule has 0 radical (unpaired) electrons. The molecule has 0 atom stereocenters. The Morgan fingerprint density at radius 3 is 3.35 bits per heavy atom. The molecule has 0 N–H and O–H groups in total. The lowest BCUT2D eigenvalue weighted by atomic mass is 10.1. The smallest absolute Gasteiger partial charge is 0.412 e. The first kappa shape index (κ1) is 12.2. The van der Waals surface area contributed by atoms with Gasteiger partial charge in [-0.1, -0.05) is 6.07 Å². The zero-order valence-electron chi connectivity index (χ0n) is 9.59. The van der Waals surface area contributed by atoms with Crippen molar-refractivity contribution in [2.45, 2.75) is 13.0 Å². The van der Waals surface area contributed by atoms with Crippen LogP contribution in [0, 0.1) is 0 Å². The van der Waals surface area contributed by atoms with Crippen LogP contribution in [0.5, 0.6) is 0 Å². The lowest BCUT2D eigenvalue weighted by molar-refractivity contribution is 0.0421. The average molecular weight is 254 g/mol. The predicted molar refractivity (Wildman–Crippen MR) is 64.3 cm³/mol. The summed E-state index contributed by atoms with van der Waals surface area (Å²) >= 11 is 1.17. The quantitative estimate of drug-likeness (QED) is 0.468. The lowest BCUT2D eigenvalue weighted by Crippen LogP contribution is -2.36. The molecule has 0 aromatic carbocycles. The zero-order valence-corrected chi connectivity index (χ0v) is 10.4. The van der Waals surface area contributed by atoms with E-state index in [-0.39, 0.29) is 12.9 Å². The second-order valence-electron chi connectivity index (χ2n) is 3.59. The minimum atomic E-state index is -0.339. The van der Waals surface area contributed by atoms with E-state index in [9.17, 15) is 4.79 Å². The van der Waals surface area contributed by atoms with Crippen molar-refractivity contribution >= 4 is 18.1 Å². The molecule has 6 heteroatoms. The van der Waals surface area contributed by atoms with Crippen molar-refractivity contribution in [3.8, 4) is 0 Å². The van der Waals surface area contributed by atoms with Gasteiger partial charge in [-0.2, -0.15) is 0 Å². The second kappa shape index (κ2) is 5.88. The van der Waals surface area contributed by atoms with E-state index in [1.54, 1.807) is 17.4 Å². The molecule has 0 unspecified atom stereocenters. The number of hydrogen-bond acceptors (Lipinski definition) is 5. The van der Waals surface area contributed by atoms with Crippen LogP contribution in [0.4, 0.5) is 4.79 Å². The van der Waals surface area contributed by atoms with Gasteiger partial charge in [0.1, 0.15) is 0 Å². The molecule has 1 aromatic rings. The number of hydrogen-bond donors (Lipinski definition) is 0. The number of amides is 1. The summed E-state index contributed by atoms with van der Waals surface area (Å²) < 4.78 is 9.86. The number of carbonyl (C=O) groups is 1. The molecule has 17 heavy (non-hydrogen) atoms. The molecule has 0 fully saturated rings. The summed E-state index contributed by atoms with van der Waals surface area (Å²) in [4.78, 5) is 17.6. The largest absolute Gasteiger partial charge is 0.421 e. The monoisotopic (exact) mass is 254 g/mol. The Morgan fingerprint density at radius 1 is 1.65 bits per heavy atom. The van der Waals surface area contributed by atoms with Gasteiger partial charge in [0.25, 0.3) is 0 Å². The number of rotatable bonds is 3. The van der Waals surface area contributed by atoms with Crippen molar-refractivity contribution < 1.29 is 13.7 Å². The van der Waals surface area contributed by atoms with E-state index in [1.807, 2.05) is 12.1 Å². The van der Waals surface area contributed by atoms with Crippen LogP contribution in [-0.2, 0) is 21.9 Å². The number of ether oxygens (including phenoxy) is 1. The number of pyridine rings is 1. The molecule has 5 nitrogen and oxygen atoms in total. The van der Waals surface area contributed by atoms with Gasteiger partial charge in [0.2, 0.25) is 6.79 Å². The molecule has 0 bridgehead atoms. The first-order chi connectivity index (χ1) is 8.31. The molecule has 1 aliphatic rings. The Labute approximate surface area is 104 Å². The molecule has 1 aromatic heterocycles. The number of carbonyl (C=O) groups excluding carboxylic acids is 1. The fourth-order valence-corrected chi connectivity index (χ4v) is 1.88. The standard InChI is InChI=1S/C11H14N2O3S/c1-17-16-8-15-11(14)13-6-4-10-9(7-13)3-2-5-12-10/h2-3,5H,4,6-8H2,1H3. The molecule has 0 saturated carbocycles. The molecule has 0 saturated heterocycles. The molecule has 2 rings (SSSR count). The molecule has 1 amide bonds. The van der Waals surface area contributed by atoms with E-state index >= 15 is 0 Å². The highest BCUT2D eigenvalue weighted by Crippen LogP contribution is 2.16. The van der Waals surface area contributed by atoms with Crippen molar-refractivity contribution in [2.24, 2.45) is 0 Å². The van der Waals surface area contributed by atoms with Crippen LogP contribution in [0.15, 0.2) is 18.3 Å². The van der Waals surface area contributed by atoms with Crippen LogP contribution in [0.3, 0.4) is 0 Å². The third kappa shape index (κ3) is 3.10. The van der Waals surface area contributed by atoms with Gasteiger partial charge in [-0.15, -0.1) is 0 Å². The predicted octanol–water partition coefficient (Wildman–Crippen LogP) is 1.83. The van der Waals surface area contributed by atoms with E-state index in [0.717, 1.165) is 17.7 Å². The highest BCUT2D eigenvalue weighted by Gasteiger charge is 2.22. The summed E-state index contributed by atoms with van der Waals surface area (Å²) in [5.74, 6) is 0. The Kier molecular flexibility index (Phi) is 4.22. The SMILES string of the molecule is CSOCOC(=O)N1CCc2ncccc2C1. The number of nitrogens with zero attached hydrogens (tertiary/aromatic N) is 2. The average Bonchev–Trinajstić information content (AvgIpc) is 2.38. The Hall–Kier alpha value is -1.27. The van der Waals surface area contributed by atoms with E-state index in [1.165, 1.54) is 12.0 Å². The third-order valence-electron chi connectivity index (χ3n) is 2.57. The van der Waals surface area contributed by atoms with Crippen LogP contribution in [0.25, 0.3) is 0 Å². The minimum Gasteiger partial charge on any atom is -0.421 e. The first-order valence-corrected chi connectivity index (χ1v) is 6.46. The van der Waals surface area contributed by atoms with Crippen LogP contribution in [0.1, 0.15) is 11.3 Å². The molecule has 92 valence electrons. The van der Waals surface area contributed by atoms with E-state index in [0.29, 0.717) is 13.1 Å². The molecule has 1 aliphatic heterocycles. The van der Waals surface area contributed by atoms with Gasteiger partial charge in [-0.3, -0.25) is 9.17 Å². The molecule has 0 spiro atoms. The fourth-order valence-electron chi connectivity index (χ4n) is 1.74. The lowest BCUT2D eigenvalue weighted by Gasteiger charge is -2.27. The van der Waals surface area contributed by atoms with Crippen molar-refractivity contribution in [1.82, 2.24) is 9.88 Å². The summed E-state index contributed by atoms with van der Waals surface area (Å²) in [5.41, 5.74) is 2.15. The van der Waals surface area contributed by atoms with Crippen LogP contribution in [0.2, 0.25) is 0 Å². The Morgan fingerprint density at radius 2 is 2.53 bits per heavy atom. The van der Waals surface area contributed by atoms with Crippen LogP contribution >= 0.6 is 12.0 Å². The van der Waals surface area contributed by atoms with Crippen LogP contribution < -0.4 is 0 Å². The van der Waals surface area contributed by atoms with Crippen molar-refractivity contribution in [3.63, 3.8) is 0 Å². The Balaban J connectivity index is 1.91. The first-order valence-electron chi connectivity index (χ1n) is 5.31. The van der Waals surface area contributed by atoms with E-state index < -0.39 is 0 Å². The molecular formula is C11H14N2O3S. The van der Waals surface area contributed by atoms with Crippen molar-refractivity contribution in [1.29, 1.82) is 0 Å². The van der Waals surface area contributed by atoms with Gasteiger partial charge in [0.05, 0.1) is 6.54 Å². The normalized spacial score (nSPS) is 14.3. The van der Waals surface area contributed by atoms with E-state index in [2.05, 4.69) is 4.98 Å². The van der Waals surface area contributed by atoms with Gasteiger partial charge in [0, 0.05) is 31.1 Å². The Bertz CT molecular complexity index is 400. The summed E-state index contributed by atoms with van der Waals surface area (Å²) in [6.45, 7) is 1.18. The molecule has 0 aliphatic carbocycles. The summed E-state index contributed by atoms with van der Waals surface area (Å²) in [5, 5.41) is 0. The maximum absolute atomic E-state index is 11.7. The summed E-state index contributed by atoms with van der Waals surface area (Å²) in [6.07, 6.45) is 3.98. The maximum atomic E-state index is 11.7. The van der Waals surface area contributed by atoms with Crippen LogP contribution in [-0.4, -0.2) is 35.6 Å². The highest BCUT2D eigenvalue weighted by atomic mass is 32.2. The van der Waals surface area contributed by atoms with Crippen molar-refractivity contribution in [3.05, 3.63) is 29.6 Å². The second-order valence-corrected chi connectivity index (χ2v) is 4.16. The van der Waals surface area contributed by atoms with Gasteiger partial charge in [-0.05, 0) is 23.7 Å². The molecule has 2 heterocycles.